The van der Waals surface area contributed by atoms with Crippen LogP contribution in [0.5, 0.6) is 0 Å². The van der Waals surface area contributed by atoms with Crippen LogP contribution in [0.25, 0.3) is 0 Å². The van der Waals surface area contributed by atoms with Gasteiger partial charge in [-0.2, -0.15) is 0 Å². The third-order valence-electron chi connectivity index (χ3n) is 2.62. The fourth-order valence-electron chi connectivity index (χ4n) is 1.83. The molecule has 0 N–H and O–H groups in total. The average Bonchev–Trinajstić information content (AvgIpc) is 2.71. The molecule has 2 saturated heterocycles. The van der Waals surface area contributed by atoms with Crippen molar-refractivity contribution in [1.29, 1.82) is 0 Å². The molecule has 4 amide bonds. The zero-order valence-corrected chi connectivity index (χ0v) is 8.56. The predicted molar refractivity (Wildman–Crippen MR) is 50.8 cm³/mol. The molecule has 0 unspecified atom stereocenters. The van der Waals surface area contributed by atoms with Gasteiger partial charge in [-0.3, -0.25) is 29.0 Å². The van der Waals surface area contributed by atoms with Gasteiger partial charge >= 0.3 is 0 Å². The highest BCUT2D eigenvalue weighted by molar-refractivity contribution is 6.07. The zero-order valence-electron chi connectivity index (χ0n) is 8.56. The normalized spacial score (nSPS) is 21.9. The molecule has 0 bridgehead atoms. The fraction of sp³-hybridized carbons (Fsp3) is 0.400. The standard InChI is InChI=1S/C10H10N2O4/c1-6(11-7(13)2-3-8(11)14)12-9(15)4-5-10(12)16/h1-5H2. The van der Waals surface area contributed by atoms with Crippen LogP contribution in [0, 0.1) is 13.1 Å². The lowest BCUT2D eigenvalue weighted by Crippen LogP contribution is -2.45. The van der Waals surface area contributed by atoms with Gasteiger partial charge in [0.15, 0.2) is 6.17 Å². The maximum Gasteiger partial charge on any atom is 0.231 e. The Kier molecular flexibility index (Phi) is 2.49. The molecule has 0 spiro atoms. The topological polar surface area (TPSA) is 74.8 Å². The van der Waals surface area contributed by atoms with E-state index >= 15 is 0 Å². The number of nitrogens with zero attached hydrogens (tertiary/aromatic N) is 2. The van der Waals surface area contributed by atoms with Gasteiger partial charge in [0.05, 0.1) is 0 Å². The molecule has 0 saturated carbocycles. The Morgan fingerprint density at radius 3 is 1.25 bits per heavy atom. The van der Waals surface area contributed by atoms with Crippen LogP contribution in [0.1, 0.15) is 25.7 Å². The highest BCUT2D eigenvalue weighted by Gasteiger charge is 2.42. The van der Waals surface area contributed by atoms with E-state index in [1.165, 1.54) is 0 Å². The molecular weight excluding hydrogens is 212 g/mol. The number of imide groups is 2. The van der Waals surface area contributed by atoms with Crippen LogP contribution in [0.15, 0.2) is 0 Å². The number of hydrogen-bond donors (Lipinski definition) is 0. The minimum atomic E-state index is -0.414. The minimum Gasteiger partial charge on any atom is -0.274 e. The zero-order chi connectivity index (χ0) is 11.9. The first-order valence-electron chi connectivity index (χ1n) is 4.93. The molecule has 0 aromatic rings. The molecule has 16 heavy (non-hydrogen) atoms. The van der Waals surface area contributed by atoms with Gasteiger partial charge in [-0.25, -0.2) is 0 Å². The Balaban J connectivity index is 2.21. The largest absolute Gasteiger partial charge is 0.274 e. The summed E-state index contributed by atoms with van der Waals surface area (Å²) >= 11 is 0. The number of amides is 4. The molecule has 2 rings (SSSR count). The molecular formula is C10H10N2O4. The van der Waals surface area contributed by atoms with E-state index < -0.39 is 23.6 Å². The fourth-order valence-corrected chi connectivity index (χ4v) is 1.83. The lowest BCUT2D eigenvalue weighted by Gasteiger charge is -2.27. The summed E-state index contributed by atoms with van der Waals surface area (Å²) in [5.74, 6) is -1.66. The third-order valence-corrected chi connectivity index (χ3v) is 2.62. The van der Waals surface area contributed by atoms with Crippen LogP contribution < -0.4 is 0 Å². The quantitative estimate of drug-likeness (QED) is 0.596. The molecule has 2 aliphatic heterocycles. The molecule has 6 heteroatoms. The lowest BCUT2D eigenvalue weighted by atomic mass is 10.4. The molecule has 6 nitrogen and oxygen atoms in total. The van der Waals surface area contributed by atoms with Crippen molar-refractivity contribution in [3.63, 3.8) is 0 Å². The van der Waals surface area contributed by atoms with Crippen molar-refractivity contribution in [2.24, 2.45) is 0 Å². The number of carbonyl (C=O) groups is 4. The summed E-state index contributed by atoms with van der Waals surface area (Å²) in [6.07, 6.45) is 0.296. The third kappa shape index (κ3) is 1.50. The second-order valence-electron chi connectivity index (χ2n) is 3.66. The molecule has 2 radical (unpaired) electrons. The smallest absolute Gasteiger partial charge is 0.231 e. The molecule has 0 aromatic heterocycles. The first-order valence-corrected chi connectivity index (χ1v) is 4.93. The highest BCUT2D eigenvalue weighted by atomic mass is 16.2. The van der Waals surface area contributed by atoms with E-state index in [0.29, 0.717) is 0 Å². The van der Waals surface area contributed by atoms with Crippen molar-refractivity contribution >= 4 is 23.6 Å². The van der Waals surface area contributed by atoms with Crippen molar-refractivity contribution in [2.45, 2.75) is 25.7 Å². The van der Waals surface area contributed by atoms with E-state index in [9.17, 15) is 19.2 Å². The summed E-state index contributed by atoms with van der Waals surface area (Å²) in [5, 5.41) is 0. The van der Waals surface area contributed by atoms with Crippen LogP contribution in [0.4, 0.5) is 0 Å². The lowest BCUT2D eigenvalue weighted by molar-refractivity contribution is -0.145. The summed E-state index contributed by atoms with van der Waals surface area (Å²) in [6.45, 7) is 3.49. The number of hydrogen-bond acceptors (Lipinski definition) is 4. The Morgan fingerprint density at radius 1 is 0.750 bits per heavy atom. The van der Waals surface area contributed by atoms with Gasteiger partial charge in [-0.1, -0.05) is 0 Å². The van der Waals surface area contributed by atoms with E-state index in [1.807, 2.05) is 0 Å². The first kappa shape index (κ1) is 10.8. The maximum atomic E-state index is 11.4. The van der Waals surface area contributed by atoms with Gasteiger partial charge in [0.2, 0.25) is 23.6 Å². The summed E-state index contributed by atoms with van der Waals surface area (Å²) in [6, 6.07) is 0. The second-order valence-corrected chi connectivity index (χ2v) is 3.66. The first-order chi connectivity index (χ1) is 7.52. The molecule has 0 aliphatic carbocycles. The summed E-state index contributed by atoms with van der Waals surface area (Å²) in [4.78, 5) is 47.2. The summed E-state index contributed by atoms with van der Waals surface area (Å²) in [5.41, 5.74) is 0. The van der Waals surface area contributed by atoms with E-state index in [-0.39, 0.29) is 31.8 Å². The molecule has 84 valence electrons. The minimum absolute atomic E-state index is 0.105. The van der Waals surface area contributed by atoms with Gasteiger partial charge in [0.1, 0.15) is 0 Å². The Hall–Kier alpha value is -1.72. The Morgan fingerprint density at radius 2 is 1.00 bits per heavy atom. The predicted octanol–water partition coefficient (Wildman–Crippen LogP) is -0.392. The van der Waals surface area contributed by atoms with E-state index in [1.54, 1.807) is 0 Å². The maximum absolute atomic E-state index is 11.4. The van der Waals surface area contributed by atoms with E-state index in [0.717, 1.165) is 9.80 Å². The van der Waals surface area contributed by atoms with E-state index in [4.69, 9.17) is 0 Å². The summed E-state index contributed by atoms with van der Waals surface area (Å²) in [7, 11) is 0. The molecule has 0 atom stereocenters. The van der Waals surface area contributed by atoms with Crippen LogP contribution >= 0.6 is 0 Å². The molecule has 2 aliphatic rings. The van der Waals surface area contributed by atoms with Crippen LogP contribution in [-0.4, -0.2) is 33.4 Å². The molecule has 2 fully saturated rings. The van der Waals surface area contributed by atoms with Gasteiger partial charge < -0.3 is 0 Å². The number of likely N-dealkylation sites (tertiary alicyclic amines) is 2. The van der Waals surface area contributed by atoms with Crippen molar-refractivity contribution < 1.29 is 19.2 Å². The van der Waals surface area contributed by atoms with Gasteiger partial charge in [-0.05, 0) is 6.92 Å². The molecule has 0 aromatic carbocycles. The SMILES string of the molecule is [CH2][C](N1C(=O)CCC1=O)N1C(=O)CCC1=O. The Labute approximate surface area is 92.2 Å². The van der Waals surface area contributed by atoms with Crippen molar-refractivity contribution in [3.8, 4) is 0 Å². The Bertz CT molecular complexity index is 322. The van der Waals surface area contributed by atoms with Gasteiger partial charge in [-0.15, -0.1) is 0 Å². The van der Waals surface area contributed by atoms with Crippen LogP contribution in [-0.2, 0) is 19.2 Å². The average molecular weight is 222 g/mol. The highest BCUT2D eigenvalue weighted by Crippen LogP contribution is 2.26. The van der Waals surface area contributed by atoms with Crippen LogP contribution in [0.2, 0.25) is 0 Å². The number of carbonyl (C=O) groups excluding carboxylic acids is 4. The van der Waals surface area contributed by atoms with Crippen molar-refractivity contribution in [3.05, 3.63) is 13.1 Å². The van der Waals surface area contributed by atoms with E-state index in [2.05, 4.69) is 6.92 Å². The molecule has 2 heterocycles. The van der Waals surface area contributed by atoms with Crippen LogP contribution in [0.3, 0.4) is 0 Å². The van der Waals surface area contributed by atoms with Gasteiger partial charge in [0.25, 0.3) is 0 Å². The van der Waals surface area contributed by atoms with Crippen molar-refractivity contribution in [1.82, 2.24) is 9.80 Å². The number of rotatable bonds is 2. The van der Waals surface area contributed by atoms with Gasteiger partial charge in [0, 0.05) is 25.7 Å². The second kappa shape index (κ2) is 3.70. The monoisotopic (exact) mass is 222 g/mol. The van der Waals surface area contributed by atoms with Crippen molar-refractivity contribution in [2.75, 3.05) is 0 Å². The summed E-state index contributed by atoms with van der Waals surface area (Å²) < 4.78 is 0.